The highest BCUT2D eigenvalue weighted by Gasteiger charge is 2.11. The lowest BCUT2D eigenvalue weighted by Gasteiger charge is -2.07. The Morgan fingerprint density at radius 2 is 2.12 bits per heavy atom. The minimum atomic E-state index is -0.183. The molecular formula is C18H17BrN2O2S. The molecule has 0 spiro atoms. The molecule has 0 aliphatic heterocycles. The molecule has 1 heterocycles. The molecule has 4 nitrogen and oxygen atoms in total. The van der Waals surface area contributed by atoms with Crippen molar-refractivity contribution in [3.8, 4) is 5.75 Å². The number of nitrogens with zero attached hydrogens (tertiary/aromatic N) is 2. The van der Waals surface area contributed by atoms with E-state index in [1.807, 2.05) is 54.9 Å². The van der Waals surface area contributed by atoms with Crippen molar-refractivity contribution in [3.63, 3.8) is 0 Å². The molecule has 1 amide bonds. The smallest absolute Gasteiger partial charge is 0.252 e. The van der Waals surface area contributed by atoms with Gasteiger partial charge in [0.25, 0.3) is 5.91 Å². The van der Waals surface area contributed by atoms with Crippen LogP contribution in [0.1, 0.15) is 11.1 Å². The molecule has 3 aromatic rings. The van der Waals surface area contributed by atoms with Crippen LogP contribution in [0.15, 0.2) is 45.9 Å². The van der Waals surface area contributed by atoms with Crippen LogP contribution in [-0.4, -0.2) is 17.6 Å². The van der Waals surface area contributed by atoms with Crippen molar-refractivity contribution in [2.24, 2.45) is 12.0 Å². The molecule has 0 N–H and O–H groups in total. The van der Waals surface area contributed by atoms with Crippen molar-refractivity contribution in [1.82, 2.24) is 4.57 Å². The molecule has 0 saturated heterocycles. The summed E-state index contributed by atoms with van der Waals surface area (Å²) in [6.07, 6.45) is 0.222. The van der Waals surface area contributed by atoms with Crippen LogP contribution < -0.4 is 9.54 Å². The van der Waals surface area contributed by atoms with Crippen LogP contribution in [0.3, 0.4) is 0 Å². The zero-order valence-electron chi connectivity index (χ0n) is 13.7. The number of rotatable bonds is 3. The predicted molar refractivity (Wildman–Crippen MR) is 101 cm³/mol. The summed E-state index contributed by atoms with van der Waals surface area (Å²) in [5.74, 6) is 0.532. The molecule has 0 bridgehead atoms. The number of thiazole rings is 1. The number of carbonyl (C=O) groups excluding carboxylic acids is 1. The minimum absolute atomic E-state index is 0.183. The molecule has 124 valence electrons. The van der Waals surface area contributed by atoms with Crippen LogP contribution in [0, 0.1) is 6.92 Å². The van der Waals surface area contributed by atoms with Crippen LogP contribution in [0.4, 0.5) is 0 Å². The number of amides is 1. The number of ether oxygens (including phenoxy) is 1. The van der Waals surface area contributed by atoms with Crippen molar-refractivity contribution in [1.29, 1.82) is 0 Å². The number of fused-ring (bicyclic) bond motifs is 1. The molecule has 0 saturated carbocycles. The van der Waals surface area contributed by atoms with Gasteiger partial charge < -0.3 is 9.30 Å². The first-order chi connectivity index (χ1) is 11.5. The third kappa shape index (κ3) is 3.30. The highest BCUT2D eigenvalue weighted by molar-refractivity contribution is 9.10. The number of hydrogen-bond donors (Lipinski definition) is 0. The average molecular weight is 405 g/mol. The molecule has 2 aromatic carbocycles. The van der Waals surface area contributed by atoms with Gasteiger partial charge in [0.15, 0.2) is 4.80 Å². The average Bonchev–Trinajstić information content (AvgIpc) is 2.85. The van der Waals surface area contributed by atoms with E-state index in [1.54, 1.807) is 7.11 Å². The summed E-state index contributed by atoms with van der Waals surface area (Å²) >= 11 is 5.05. The molecule has 6 heteroatoms. The number of aromatic nitrogens is 1. The third-order valence-electron chi connectivity index (χ3n) is 3.77. The Labute approximate surface area is 152 Å². The summed E-state index contributed by atoms with van der Waals surface area (Å²) in [6, 6.07) is 11.8. The SMILES string of the molecule is COc1ccc(C)cc1CC(=O)N=c1sc2cccc(Br)c2n1C. The number of halogens is 1. The molecule has 24 heavy (non-hydrogen) atoms. The summed E-state index contributed by atoms with van der Waals surface area (Å²) in [5.41, 5.74) is 2.99. The maximum atomic E-state index is 12.4. The fourth-order valence-electron chi connectivity index (χ4n) is 2.62. The monoisotopic (exact) mass is 404 g/mol. The standard InChI is InChI=1S/C18H17BrN2O2S/c1-11-7-8-14(23-3)12(9-11)10-16(22)20-18-21(2)17-13(19)5-4-6-15(17)24-18/h4-9H,10H2,1-3H3. The number of benzene rings is 2. The van der Waals surface area contributed by atoms with E-state index < -0.39 is 0 Å². The number of aryl methyl sites for hydroxylation is 2. The first-order valence-corrected chi connectivity index (χ1v) is 9.05. The zero-order valence-corrected chi connectivity index (χ0v) is 16.1. The lowest BCUT2D eigenvalue weighted by atomic mass is 10.1. The zero-order chi connectivity index (χ0) is 17.3. The van der Waals surface area contributed by atoms with Crippen LogP contribution >= 0.6 is 27.3 Å². The van der Waals surface area contributed by atoms with Gasteiger partial charge >= 0.3 is 0 Å². The van der Waals surface area contributed by atoms with Gasteiger partial charge in [0, 0.05) is 17.1 Å². The van der Waals surface area contributed by atoms with E-state index in [1.165, 1.54) is 11.3 Å². The van der Waals surface area contributed by atoms with E-state index in [2.05, 4.69) is 20.9 Å². The van der Waals surface area contributed by atoms with Crippen LogP contribution in [0.5, 0.6) is 5.75 Å². The Kier molecular flexibility index (Phi) is 4.87. The molecule has 1 aromatic heterocycles. The Morgan fingerprint density at radius 3 is 2.83 bits per heavy atom. The molecule has 0 atom stereocenters. The van der Waals surface area contributed by atoms with Crippen molar-refractivity contribution >= 4 is 43.4 Å². The van der Waals surface area contributed by atoms with Gasteiger partial charge in [0.1, 0.15) is 5.75 Å². The van der Waals surface area contributed by atoms with E-state index in [9.17, 15) is 4.79 Å². The second-order valence-corrected chi connectivity index (χ2v) is 7.39. The molecule has 0 fully saturated rings. The molecule has 0 unspecified atom stereocenters. The normalized spacial score (nSPS) is 11.9. The second-order valence-electron chi connectivity index (χ2n) is 5.53. The Balaban J connectivity index is 1.98. The molecular weight excluding hydrogens is 388 g/mol. The summed E-state index contributed by atoms with van der Waals surface area (Å²) in [5, 5.41) is 0. The number of methoxy groups -OCH3 is 1. The molecule has 0 aliphatic rings. The van der Waals surface area contributed by atoms with Gasteiger partial charge in [-0.2, -0.15) is 4.99 Å². The van der Waals surface area contributed by atoms with E-state index in [4.69, 9.17) is 4.74 Å². The van der Waals surface area contributed by atoms with E-state index >= 15 is 0 Å². The largest absolute Gasteiger partial charge is 0.496 e. The lowest BCUT2D eigenvalue weighted by Crippen LogP contribution is -2.14. The summed E-state index contributed by atoms with van der Waals surface area (Å²) in [7, 11) is 3.53. The Bertz CT molecular complexity index is 988. The lowest BCUT2D eigenvalue weighted by molar-refractivity contribution is -0.117. The first kappa shape index (κ1) is 16.9. The quantitative estimate of drug-likeness (QED) is 0.662. The van der Waals surface area contributed by atoms with E-state index in [0.717, 1.165) is 25.8 Å². The topological polar surface area (TPSA) is 43.6 Å². The number of hydrogen-bond acceptors (Lipinski definition) is 3. The fraction of sp³-hybridized carbons (Fsp3) is 0.222. The summed E-state index contributed by atoms with van der Waals surface area (Å²) in [4.78, 5) is 17.4. The van der Waals surface area contributed by atoms with Crippen molar-refractivity contribution < 1.29 is 9.53 Å². The van der Waals surface area contributed by atoms with Crippen LogP contribution in [-0.2, 0) is 18.3 Å². The van der Waals surface area contributed by atoms with Crippen molar-refractivity contribution in [3.05, 3.63) is 56.8 Å². The maximum Gasteiger partial charge on any atom is 0.252 e. The van der Waals surface area contributed by atoms with Gasteiger partial charge in [-0.1, -0.05) is 35.1 Å². The molecule has 0 radical (unpaired) electrons. The summed E-state index contributed by atoms with van der Waals surface area (Å²) in [6.45, 7) is 1.99. The van der Waals surface area contributed by atoms with Gasteiger partial charge in [-0.25, -0.2) is 0 Å². The van der Waals surface area contributed by atoms with Gasteiger partial charge in [-0.05, 0) is 41.1 Å². The first-order valence-electron chi connectivity index (χ1n) is 7.44. The fourth-order valence-corrected chi connectivity index (χ4v) is 4.44. The highest BCUT2D eigenvalue weighted by atomic mass is 79.9. The third-order valence-corrected chi connectivity index (χ3v) is 5.51. The summed E-state index contributed by atoms with van der Waals surface area (Å²) < 4.78 is 9.36. The van der Waals surface area contributed by atoms with Crippen molar-refractivity contribution in [2.45, 2.75) is 13.3 Å². The van der Waals surface area contributed by atoms with E-state index in [-0.39, 0.29) is 12.3 Å². The number of carbonyl (C=O) groups is 1. The molecule has 3 rings (SSSR count). The van der Waals surface area contributed by atoms with Gasteiger partial charge in [-0.3, -0.25) is 4.79 Å². The van der Waals surface area contributed by atoms with E-state index in [0.29, 0.717) is 10.6 Å². The predicted octanol–water partition coefficient (Wildman–Crippen LogP) is 3.99. The second kappa shape index (κ2) is 6.91. The van der Waals surface area contributed by atoms with Gasteiger partial charge in [0.05, 0.1) is 23.7 Å². The Morgan fingerprint density at radius 1 is 1.33 bits per heavy atom. The minimum Gasteiger partial charge on any atom is -0.496 e. The van der Waals surface area contributed by atoms with Gasteiger partial charge in [0.2, 0.25) is 0 Å². The van der Waals surface area contributed by atoms with Crippen molar-refractivity contribution in [2.75, 3.05) is 7.11 Å². The Hall–Kier alpha value is -1.92. The van der Waals surface area contributed by atoms with Gasteiger partial charge in [-0.15, -0.1) is 0 Å². The molecule has 0 aliphatic carbocycles. The maximum absolute atomic E-state index is 12.4. The number of para-hydroxylation sites is 1. The van der Waals surface area contributed by atoms with Crippen LogP contribution in [0.25, 0.3) is 10.2 Å². The highest BCUT2D eigenvalue weighted by Crippen LogP contribution is 2.25. The van der Waals surface area contributed by atoms with Crippen LogP contribution in [0.2, 0.25) is 0 Å².